The molecule has 0 bridgehead atoms. The van der Waals surface area contributed by atoms with Crippen molar-refractivity contribution in [1.82, 2.24) is 30.2 Å². The molecule has 0 radical (unpaired) electrons. The van der Waals surface area contributed by atoms with Crippen molar-refractivity contribution in [3.05, 3.63) is 40.7 Å². The molecule has 9 heteroatoms. The fraction of sp³-hybridized carbons (Fsp3) is 0.375. The summed E-state index contributed by atoms with van der Waals surface area (Å²) < 4.78 is 1.60. The average Bonchev–Trinajstić information content (AvgIpc) is 3.18. The van der Waals surface area contributed by atoms with Gasteiger partial charge in [0.2, 0.25) is 5.95 Å². The maximum Gasteiger partial charge on any atom is 0.247 e. The topological polar surface area (TPSA) is 110 Å². The van der Waals surface area contributed by atoms with E-state index in [1.54, 1.807) is 10.7 Å². The first-order valence-electron chi connectivity index (χ1n) is 8.19. The summed E-state index contributed by atoms with van der Waals surface area (Å²) in [5.74, 6) is 1.33. The molecule has 132 valence electrons. The van der Waals surface area contributed by atoms with Crippen LogP contribution in [-0.2, 0) is 0 Å². The molecule has 0 spiro atoms. The highest BCUT2D eigenvalue weighted by Gasteiger charge is 2.17. The van der Waals surface area contributed by atoms with Gasteiger partial charge in [-0.05, 0) is 42.3 Å². The number of hydrogen-bond acceptors (Lipinski definition) is 6. The summed E-state index contributed by atoms with van der Waals surface area (Å²) in [5, 5.41) is 15.7. The first-order valence-corrected chi connectivity index (χ1v) is 8.57. The number of halogens is 1. The zero-order valence-corrected chi connectivity index (χ0v) is 15.0. The first kappa shape index (κ1) is 17.2. The van der Waals surface area contributed by atoms with Gasteiger partial charge in [-0.1, -0.05) is 35.8 Å². The Kier molecular flexibility index (Phi) is 5.18. The van der Waals surface area contributed by atoms with Gasteiger partial charge >= 0.3 is 0 Å². The maximum atomic E-state index is 6.23. The molecule has 2 heterocycles. The minimum absolute atomic E-state index is 0.311. The smallest absolute Gasteiger partial charge is 0.247 e. The van der Waals surface area contributed by atoms with E-state index in [-0.39, 0.29) is 0 Å². The lowest BCUT2D eigenvalue weighted by Gasteiger charge is -2.14. The van der Waals surface area contributed by atoms with Crippen LogP contribution in [0.1, 0.15) is 37.1 Å². The molecular formula is C16H21ClN8. The molecule has 0 fully saturated rings. The molecule has 0 aliphatic rings. The second-order valence-corrected chi connectivity index (χ2v) is 6.23. The van der Waals surface area contributed by atoms with Crippen molar-refractivity contribution in [2.75, 3.05) is 17.6 Å². The molecule has 1 unspecified atom stereocenters. The summed E-state index contributed by atoms with van der Waals surface area (Å²) >= 11 is 6.23. The molecule has 1 aromatic carbocycles. The minimum atomic E-state index is 0.311. The summed E-state index contributed by atoms with van der Waals surface area (Å²) in [5.41, 5.74) is 8.53. The monoisotopic (exact) mass is 360 g/mol. The molecule has 8 nitrogen and oxygen atoms in total. The van der Waals surface area contributed by atoms with Crippen LogP contribution in [0.5, 0.6) is 0 Å². The number of nitrogens with one attached hydrogen (secondary N) is 2. The van der Waals surface area contributed by atoms with E-state index in [0.29, 0.717) is 29.4 Å². The molecule has 0 aliphatic heterocycles. The summed E-state index contributed by atoms with van der Waals surface area (Å²) in [7, 11) is 0. The Labute approximate surface area is 150 Å². The van der Waals surface area contributed by atoms with Gasteiger partial charge in [-0.25, -0.2) is 4.98 Å². The fourth-order valence-corrected chi connectivity index (χ4v) is 3.09. The molecule has 0 saturated heterocycles. The molecule has 3 rings (SSSR count). The zero-order valence-electron chi connectivity index (χ0n) is 14.2. The number of rotatable bonds is 7. The van der Waals surface area contributed by atoms with Crippen LogP contribution < -0.4 is 11.1 Å². The van der Waals surface area contributed by atoms with Crippen molar-refractivity contribution in [1.29, 1.82) is 0 Å². The van der Waals surface area contributed by atoms with Crippen molar-refractivity contribution in [2.45, 2.75) is 32.6 Å². The van der Waals surface area contributed by atoms with Gasteiger partial charge in [0.15, 0.2) is 5.95 Å². The number of aromatic nitrogens is 6. The molecule has 3 aromatic rings. The van der Waals surface area contributed by atoms with E-state index in [4.69, 9.17) is 17.3 Å². The van der Waals surface area contributed by atoms with Crippen LogP contribution in [0.3, 0.4) is 0 Å². The number of aryl methyl sites for hydroxylation is 1. The Balaban J connectivity index is 1.68. The van der Waals surface area contributed by atoms with Crippen LogP contribution in [0.15, 0.2) is 24.3 Å². The van der Waals surface area contributed by atoms with Crippen LogP contribution >= 0.6 is 11.6 Å². The number of hydrogen-bond donors (Lipinski definition) is 3. The molecular weight excluding hydrogens is 340 g/mol. The predicted octanol–water partition coefficient (Wildman–Crippen LogP) is 2.93. The van der Waals surface area contributed by atoms with E-state index in [0.717, 1.165) is 29.9 Å². The van der Waals surface area contributed by atoms with Gasteiger partial charge in [-0.15, -0.1) is 0 Å². The number of aromatic amines is 1. The summed E-state index contributed by atoms with van der Waals surface area (Å²) in [4.78, 5) is 7.46. The Hall–Kier alpha value is -2.61. The Bertz CT molecular complexity index is 840. The van der Waals surface area contributed by atoms with Crippen molar-refractivity contribution in [3.63, 3.8) is 0 Å². The highest BCUT2D eigenvalue weighted by Crippen LogP contribution is 2.25. The Morgan fingerprint density at radius 3 is 2.84 bits per heavy atom. The number of para-hydroxylation sites is 1. The highest BCUT2D eigenvalue weighted by molar-refractivity contribution is 6.32. The molecule has 0 amide bonds. The second-order valence-electron chi connectivity index (χ2n) is 5.82. The van der Waals surface area contributed by atoms with Crippen molar-refractivity contribution < 1.29 is 0 Å². The van der Waals surface area contributed by atoms with Crippen LogP contribution in [0.25, 0.3) is 5.69 Å². The van der Waals surface area contributed by atoms with Gasteiger partial charge in [0.1, 0.15) is 0 Å². The number of imidazole rings is 1. The van der Waals surface area contributed by atoms with E-state index < -0.39 is 0 Å². The van der Waals surface area contributed by atoms with E-state index in [2.05, 4.69) is 37.7 Å². The van der Waals surface area contributed by atoms with Crippen molar-refractivity contribution in [3.8, 4) is 5.69 Å². The summed E-state index contributed by atoms with van der Waals surface area (Å²) in [6.45, 7) is 4.84. The number of nitrogens with two attached hydrogens (primary N) is 1. The standard InChI is InChI=1S/C16H21ClN8/c1-3-11(14-10(2)20-15(18)21-14)8-9-19-16-22-23-24-25(16)13-7-5-4-6-12(13)17/h4-7,11H,3,8-9H2,1-2H3,(H3,18,20,21)(H,19,22,24). The molecule has 4 N–H and O–H groups in total. The van der Waals surface area contributed by atoms with E-state index in [1.165, 1.54) is 0 Å². The van der Waals surface area contributed by atoms with Crippen molar-refractivity contribution in [2.24, 2.45) is 0 Å². The highest BCUT2D eigenvalue weighted by atomic mass is 35.5. The third-order valence-corrected chi connectivity index (χ3v) is 4.47. The number of nitrogen functional groups attached to an aromatic ring is 1. The zero-order chi connectivity index (χ0) is 17.8. The fourth-order valence-electron chi connectivity index (χ4n) is 2.87. The van der Waals surface area contributed by atoms with Crippen LogP contribution in [-0.4, -0.2) is 36.7 Å². The summed E-state index contributed by atoms with van der Waals surface area (Å²) in [6, 6.07) is 7.44. The average molecular weight is 361 g/mol. The maximum absolute atomic E-state index is 6.23. The molecule has 0 aliphatic carbocycles. The molecule has 1 atom stereocenters. The number of tetrazole rings is 1. The molecule has 0 saturated carbocycles. The minimum Gasteiger partial charge on any atom is -0.369 e. The number of nitrogens with zero attached hydrogens (tertiary/aromatic N) is 5. The van der Waals surface area contributed by atoms with E-state index in [1.807, 2.05) is 25.1 Å². The lowest BCUT2D eigenvalue weighted by atomic mass is 9.97. The Morgan fingerprint density at radius 2 is 2.16 bits per heavy atom. The van der Waals surface area contributed by atoms with Gasteiger partial charge in [0.25, 0.3) is 0 Å². The largest absolute Gasteiger partial charge is 0.369 e. The Morgan fingerprint density at radius 1 is 1.36 bits per heavy atom. The predicted molar refractivity (Wildman–Crippen MR) is 98.0 cm³/mol. The van der Waals surface area contributed by atoms with Crippen molar-refractivity contribution >= 4 is 23.5 Å². The third-order valence-electron chi connectivity index (χ3n) is 4.15. The van der Waals surface area contributed by atoms with Gasteiger partial charge in [0, 0.05) is 18.2 Å². The van der Waals surface area contributed by atoms with Gasteiger partial charge in [0.05, 0.1) is 16.4 Å². The van der Waals surface area contributed by atoms with Crippen LogP contribution in [0.4, 0.5) is 11.9 Å². The molecule has 25 heavy (non-hydrogen) atoms. The van der Waals surface area contributed by atoms with Gasteiger partial charge in [-0.2, -0.15) is 4.68 Å². The van der Waals surface area contributed by atoms with Crippen LogP contribution in [0, 0.1) is 6.92 Å². The van der Waals surface area contributed by atoms with Crippen LogP contribution in [0.2, 0.25) is 5.02 Å². The quantitative estimate of drug-likeness (QED) is 0.597. The number of anilines is 2. The number of H-pyrrole nitrogens is 1. The van der Waals surface area contributed by atoms with Gasteiger partial charge < -0.3 is 16.0 Å². The lowest BCUT2D eigenvalue weighted by Crippen LogP contribution is -2.12. The summed E-state index contributed by atoms with van der Waals surface area (Å²) in [6.07, 6.45) is 1.86. The first-order chi connectivity index (χ1) is 12.1. The molecule has 2 aromatic heterocycles. The van der Waals surface area contributed by atoms with E-state index >= 15 is 0 Å². The SMILES string of the molecule is CCC(CCNc1nnnn1-c1ccccc1Cl)c1nc(N)[nH]c1C. The lowest BCUT2D eigenvalue weighted by molar-refractivity contribution is 0.605. The van der Waals surface area contributed by atoms with E-state index in [9.17, 15) is 0 Å². The van der Waals surface area contributed by atoms with Gasteiger partial charge in [-0.3, -0.25) is 0 Å². The normalized spacial score (nSPS) is 12.3. The third kappa shape index (κ3) is 3.74. The second kappa shape index (κ2) is 7.52. The number of benzene rings is 1.